The number of amides is 1. The molecule has 2 aliphatic rings. The van der Waals surface area contributed by atoms with E-state index in [0.29, 0.717) is 17.4 Å². The number of thiazole rings is 1. The second-order valence-corrected chi connectivity index (χ2v) is 9.23. The van der Waals surface area contributed by atoms with Crippen molar-refractivity contribution in [2.75, 3.05) is 33.3 Å². The second-order valence-electron chi connectivity index (χ2n) is 7.52. The Hall–Kier alpha value is -1.64. The van der Waals surface area contributed by atoms with Crippen molar-refractivity contribution in [1.29, 1.82) is 0 Å². The summed E-state index contributed by atoms with van der Waals surface area (Å²) in [5, 5.41) is 2.72. The first-order valence-corrected chi connectivity index (χ1v) is 11.7. The molecule has 8 heteroatoms. The summed E-state index contributed by atoms with van der Waals surface area (Å²) < 4.78 is 12.1. The molecule has 0 unspecified atom stereocenters. The van der Waals surface area contributed by atoms with Gasteiger partial charge in [0.2, 0.25) is 0 Å². The molecule has 2 aromatic rings. The fraction of sp³-hybridized carbons (Fsp3) is 0.524. The summed E-state index contributed by atoms with van der Waals surface area (Å²) in [6.07, 6.45) is 6.17. The van der Waals surface area contributed by atoms with Crippen molar-refractivity contribution in [2.24, 2.45) is 0 Å². The SMILES string of the molecule is COc1ccc(Br)c(C(=O)N2CCC(N3CCC(Oc4nccs4)CC3)CC2)c1. The van der Waals surface area contributed by atoms with Crippen molar-refractivity contribution >= 4 is 33.2 Å². The van der Waals surface area contributed by atoms with Crippen LogP contribution in [0, 0.1) is 0 Å². The average molecular weight is 480 g/mol. The van der Waals surface area contributed by atoms with Gasteiger partial charge in [-0.3, -0.25) is 9.69 Å². The van der Waals surface area contributed by atoms with Crippen molar-refractivity contribution in [1.82, 2.24) is 14.8 Å². The highest BCUT2D eigenvalue weighted by Gasteiger charge is 2.31. The smallest absolute Gasteiger partial charge is 0.273 e. The Bertz CT molecular complexity index is 817. The van der Waals surface area contributed by atoms with Gasteiger partial charge in [-0.15, -0.1) is 0 Å². The van der Waals surface area contributed by atoms with Gasteiger partial charge in [0.15, 0.2) is 0 Å². The van der Waals surface area contributed by atoms with Gasteiger partial charge in [-0.1, -0.05) is 11.3 Å². The Morgan fingerprint density at radius 2 is 1.93 bits per heavy atom. The van der Waals surface area contributed by atoms with Crippen molar-refractivity contribution in [2.45, 2.75) is 37.8 Å². The number of carbonyl (C=O) groups excluding carboxylic acids is 1. The Balaban J connectivity index is 1.27. The highest BCUT2D eigenvalue weighted by Crippen LogP contribution is 2.27. The summed E-state index contributed by atoms with van der Waals surface area (Å²) in [6, 6.07) is 6.09. The molecular formula is C21H26BrN3O3S. The second kappa shape index (κ2) is 9.45. The van der Waals surface area contributed by atoms with Gasteiger partial charge in [-0.2, -0.15) is 0 Å². The van der Waals surface area contributed by atoms with Gasteiger partial charge in [-0.05, 0) is 59.8 Å². The van der Waals surface area contributed by atoms with Crippen LogP contribution in [0.4, 0.5) is 0 Å². The quantitative estimate of drug-likeness (QED) is 0.646. The van der Waals surface area contributed by atoms with Crippen molar-refractivity contribution in [3.05, 3.63) is 39.8 Å². The third-order valence-corrected chi connectivity index (χ3v) is 7.18. The summed E-state index contributed by atoms with van der Waals surface area (Å²) in [4.78, 5) is 21.7. The van der Waals surface area contributed by atoms with Crippen LogP contribution >= 0.6 is 27.3 Å². The molecular weight excluding hydrogens is 454 g/mol. The minimum Gasteiger partial charge on any atom is -0.497 e. The molecule has 0 N–H and O–H groups in total. The standard InChI is InChI=1S/C21H26BrN3O3S/c1-27-17-2-3-19(22)18(14-17)20(26)25-9-4-15(5-10-25)24-11-6-16(7-12-24)28-21-23-8-13-29-21/h2-3,8,13-16H,4-7,9-12H2,1H3. The molecule has 2 saturated heterocycles. The van der Waals surface area contributed by atoms with Crippen LogP contribution in [0.25, 0.3) is 0 Å². The molecule has 3 heterocycles. The first-order chi connectivity index (χ1) is 14.1. The predicted molar refractivity (Wildman–Crippen MR) is 117 cm³/mol. The lowest BCUT2D eigenvalue weighted by molar-refractivity contribution is 0.0424. The average Bonchev–Trinajstić information content (AvgIpc) is 3.27. The molecule has 4 rings (SSSR count). The van der Waals surface area contributed by atoms with E-state index in [1.165, 1.54) is 0 Å². The van der Waals surface area contributed by atoms with E-state index in [1.807, 2.05) is 28.5 Å². The minimum absolute atomic E-state index is 0.0739. The van der Waals surface area contributed by atoms with Crippen LogP contribution in [0.3, 0.4) is 0 Å². The van der Waals surface area contributed by atoms with Crippen LogP contribution in [0.15, 0.2) is 34.2 Å². The van der Waals surface area contributed by atoms with Gasteiger partial charge in [0.25, 0.3) is 11.1 Å². The number of rotatable bonds is 5. The largest absolute Gasteiger partial charge is 0.497 e. The van der Waals surface area contributed by atoms with E-state index in [4.69, 9.17) is 9.47 Å². The molecule has 0 radical (unpaired) electrons. The van der Waals surface area contributed by atoms with Crippen molar-refractivity contribution < 1.29 is 14.3 Å². The maximum Gasteiger partial charge on any atom is 0.273 e. The summed E-state index contributed by atoms with van der Waals surface area (Å²) in [7, 11) is 1.62. The molecule has 0 spiro atoms. The summed E-state index contributed by atoms with van der Waals surface area (Å²) in [5.41, 5.74) is 0.669. The van der Waals surface area contributed by atoms with Gasteiger partial charge >= 0.3 is 0 Å². The molecule has 1 aromatic heterocycles. The molecule has 6 nitrogen and oxygen atoms in total. The third-order valence-electron chi connectivity index (χ3n) is 5.83. The molecule has 1 amide bonds. The normalized spacial score (nSPS) is 19.3. The third kappa shape index (κ3) is 4.92. The number of ether oxygens (including phenoxy) is 2. The van der Waals surface area contributed by atoms with Gasteiger partial charge in [0.1, 0.15) is 11.9 Å². The van der Waals surface area contributed by atoms with E-state index in [9.17, 15) is 4.79 Å². The summed E-state index contributed by atoms with van der Waals surface area (Å²) >= 11 is 5.06. The zero-order chi connectivity index (χ0) is 20.2. The monoisotopic (exact) mass is 479 g/mol. The zero-order valence-electron chi connectivity index (χ0n) is 16.6. The van der Waals surface area contributed by atoms with E-state index in [1.54, 1.807) is 24.6 Å². The molecule has 2 fully saturated rings. The number of carbonyl (C=O) groups is 1. The number of likely N-dealkylation sites (tertiary alicyclic amines) is 2. The first-order valence-electron chi connectivity index (χ1n) is 10.1. The fourth-order valence-corrected chi connectivity index (χ4v) is 5.14. The minimum atomic E-state index is 0.0739. The van der Waals surface area contributed by atoms with Crippen LogP contribution < -0.4 is 9.47 Å². The maximum absolute atomic E-state index is 13.0. The molecule has 0 bridgehead atoms. The number of methoxy groups -OCH3 is 1. The van der Waals surface area contributed by atoms with Gasteiger partial charge < -0.3 is 14.4 Å². The van der Waals surface area contributed by atoms with E-state index in [-0.39, 0.29) is 12.0 Å². The summed E-state index contributed by atoms with van der Waals surface area (Å²) in [6.45, 7) is 3.69. The lowest BCUT2D eigenvalue weighted by atomic mass is 9.98. The predicted octanol–water partition coefficient (Wildman–Crippen LogP) is 4.06. The fourth-order valence-electron chi connectivity index (χ4n) is 4.17. The summed E-state index contributed by atoms with van der Waals surface area (Å²) in [5.74, 6) is 0.777. The van der Waals surface area contributed by atoms with E-state index in [0.717, 1.165) is 61.5 Å². The topological polar surface area (TPSA) is 54.9 Å². The van der Waals surface area contributed by atoms with Crippen LogP contribution in [0.2, 0.25) is 0 Å². The highest BCUT2D eigenvalue weighted by molar-refractivity contribution is 9.10. The van der Waals surface area contributed by atoms with Crippen LogP contribution in [0.1, 0.15) is 36.0 Å². The zero-order valence-corrected chi connectivity index (χ0v) is 19.0. The van der Waals surface area contributed by atoms with Crippen LogP contribution in [-0.4, -0.2) is 66.1 Å². The molecule has 1 aromatic carbocycles. The van der Waals surface area contributed by atoms with Crippen molar-refractivity contribution in [3.8, 4) is 10.9 Å². The number of hydrogen-bond acceptors (Lipinski definition) is 6. The number of piperidine rings is 2. The first kappa shape index (κ1) is 20.6. The Morgan fingerprint density at radius 1 is 1.17 bits per heavy atom. The lowest BCUT2D eigenvalue weighted by Crippen LogP contribution is -2.50. The van der Waals surface area contributed by atoms with Gasteiger partial charge in [0, 0.05) is 48.3 Å². The highest BCUT2D eigenvalue weighted by atomic mass is 79.9. The molecule has 156 valence electrons. The number of hydrogen-bond donors (Lipinski definition) is 0. The van der Waals surface area contributed by atoms with E-state index in [2.05, 4.69) is 25.8 Å². The number of nitrogens with zero attached hydrogens (tertiary/aromatic N) is 3. The molecule has 0 aliphatic carbocycles. The molecule has 2 aliphatic heterocycles. The number of halogens is 1. The van der Waals surface area contributed by atoms with Crippen LogP contribution in [0.5, 0.6) is 10.9 Å². The number of benzene rings is 1. The Labute approximate surface area is 183 Å². The number of aromatic nitrogens is 1. The van der Waals surface area contributed by atoms with Crippen molar-refractivity contribution in [3.63, 3.8) is 0 Å². The lowest BCUT2D eigenvalue weighted by Gasteiger charge is -2.41. The van der Waals surface area contributed by atoms with Gasteiger partial charge in [-0.25, -0.2) is 4.98 Å². The molecule has 0 saturated carbocycles. The Morgan fingerprint density at radius 3 is 2.59 bits per heavy atom. The Kier molecular flexibility index (Phi) is 6.72. The van der Waals surface area contributed by atoms with Gasteiger partial charge in [0.05, 0.1) is 12.7 Å². The van der Waals surface area contributed by atoms with E-state index < -0.39 is 0 Å². The maximum atomic E-state index is 13.0. The van der Waals surface area contributed by atoms with Crippen LogP contribution in [-0.2, 0) is 0 Å². The van der Waals surface area contributed by atoms with E-state index >= 15 is 0 Å². The molecule has 0 atom stereocenters. The molecule has 29 heavy (non-hydrogen) atoms.